The Labute approximate surface area is 221 Å². The van der Waals surface area contributed by atoms with Crippen LogP contribution in [0.25, 0.3) is 0 Å². The average Bonchev–Trinajstić information content (AvgIpc) is 2.86. The SMILES string of the molecule is CNc1ccc(CC(NS(=O)(=O)c2cccnc2)c2cccc(N(CC(=O)O)C(=O)OC(C)(C)C)n2)cc1. The maximum Gasteiger partial charge on any atom is 0.416 e. The number of carboxylic acid groups (broad SMARTS) is 1. The van der Waals surface area contributed by atoms with Crippen LogP contribution in [0.5, 0.6) is 0 Å². The van der Waals surface area contributed by atoms with Gasteiger partial charge in [0, 0.05) is 25.1 Å². The van der Waals surface area contributed by atoms with E-state index in [0.29, 0.717) is 0 Å². The van der Waals surface area contributed by atoms with Crippen molar-refractivity contribution in [3.63, 3.8) is 0 Å². The molecule has 1 atom stereocenters. The summed E-state index contributed by atoms with van der Waals surface area (Å²) in [6, 6.07) is 14.2. The molecule has 1 unspecified atom stereocenters. The molecule has 0 saturated heterocycles. The van der Waals surface area contributed by atoms with Crippen LogP contribution in [0.4, 0.5) is 16.3 Å². The minimum absolute atomic E-state index is 0.00950. The summed E-state index contributed by atoms with van der Waals surface area (Å²) < 4.78 is 34.4. The second kappa shape index (κ2) is 12.0. The lowest BCUT2D eigenvalue weighted by Crippen LogP contribution is -2.40. The minimum Gasteiger partial charge on any atom is -0.480 e. The van der Waals surface area contributed by atoms with Gasteiger partial charge in [-0.3, -0.25) is 14.7 Å². The van der Waals surface area contributed by atoms with Crippen LogP contribution >= 0.6 is 0 Å². The van der Waals surface area contributed by atoms with E-state index in [1.54, 1.807) is 40.0 Å². The number of rotatable bonds is 10. The quantitative estimate of drug-likeness (QED) is 0.350. The molecule has 0 aliphatic carbocycles. The molecule has 38 heavy (non-hydrogen) atoms. The van der Waals surface area contributed by atoms with Gasteiger partial charge in [0.05, 0.1) is 11.7 Å². The normalized spacial score (nSPS) is 12.4. The van der Waals surface area contributed by atoms with Crippen LogP contribution < -0.4 is 14.9 Å². The van der Waals surface area contributed by atoms with E-state index in [4.69, 9.17) is 4.74 Å². The van der Waals surface area contributed by atoms with Gasteiger partial charge in [0.15, 0.2) is 0 Å². The number of aromatic nitrogens is 2. The number of hydrogen-bond acceptors (Lipinski definition) is 8. The second-order valence-electron chi connectivity index (χ2n) is 9.39. The molecule has 0 aliphatic heterocycles. The van der Waals surface area contributed by atoms with E-state index in [-0.39, 0.29) is 22.8 Å². The Hall–Kier alpha value is -4.03. The number of carbonyl (C=O) groups excluding carboxylic acids is 1. The number of hydrogen-bond donors (Lipinski definition) is 3. The van der Waals surface area contributed by atoms with Crippen molar-refractivity contribution in [1.82, 2.24) is 14.7 Å². The number of ether oxygens (including phenoxy) is 1. The van der Waals surface area contributed by atoms with Gasteiger partial charge in [0.1, 0.15) is 22.9 Å². The molecule has 3 N–H and O–H groups in total. The molecule has 2 heterocycles. The summed E-state index contributed by atoms with van der Waals surface area (Å²) in [6.45, 7) is 4.30. The Bertz CT molecular complexity index is 1360. The van der Waals surface area contributed by atoms with E-state index in [2.05, 4.69) is 20.0 Å². The fraction of sp³-hybridized carbons (Fsp3) is 0.308. The summed E-state index contributed by atoms with van der Waals surface area (Å²) in [6.07, 6.45) is 2.05. The molecule has 0 fully saturated rings. The van der Waals surface area contributed by atoms with Crippen LogP contribution in [0, 0.1) is 0 Å². The highest BCUT2D eigenvalue weighted by Gasteiger charge is 2.28. The molecule has 0 bridgehead atoms. The lowest BCUT2D eigenvalue weighted by molar-refractivity contribution is -0.135. The smallest absolute Gasteiger partial charge is 0.416 e. The Morgan fingerprint density at radius 2 is 1.79 bits per heavy atom. The number of carbonyl (C=O) groups is 2. The summed E-state index contributed by atoms with van der Waals surface area (Å²) in [7, 11) is -2.20. The molecule has 3 rings (SSSR count). The van der Waals surface area contributed by atoms with Crippen molar-refractivity contribution in [1.29, 1.82) is 0 Å². The van der Waals surface area contributed by atoms with Crippen molar-refractivity contribution in [2.24, 2.45) is 0 Å². The highest BCUT2D eigenvalue weighted by Crippen LogP contribution is 2.24. The topological polar surface area (TPSA) is 151 Å². The number of sulfonamides is 1. The standard InChI is InChI=1S/C26H31N5O6S/c1-26(2,3)37-25(34)31(17-24(32)33)23-9-5-8-21(29-23)22(15-18-10-12-19(27-4)13-11-18)30-38(35,36)20-7-6-14-28-16-20/h5-14,16,22,27,30H,15,17H2,1-4H3,(H,32,33). The Morgan fingerprint density at radius 3 is 2.37 bits per heavy atom. The van der Waals surface area contributed by atoms with Gasteiger partial charge in [-0.05, 0) is 69.2 Å². The predicted octanol–water partition coefficient (Wildman–Crippen LogP) is 3.61. The number of pyridine rings is 2. The molecule has 12 heteroatoms. The third-order valence-electron chi connectivity index (χ3n) is 5.22. The summed E-state index contributed by atoms with van der Waals surface area (Å²) in [5, 5.41) is 12.4. The number of amides is 1. The van der Waals surface area contributed by atoms with Crippen LogP contribution in [-0.4, -0.2) is 54.7 Å². The first kappa shape index (κ1) is 28.5. The van der Waals surface area contributed by atoms with E-state index in [0.717, 1.165) is 16.2 Å². The molecule has 11 nitrogen and oxygen atoms in total. The first-order valence-corrected chi connectivity index (χ1v) is 13.2. The fourth-order valence-electron chi connectivity index (χ4n) is 3.49. The molecule has 0 radical (unpaired) electrons. The van der Waals surface area contributed by atoms with Gasteiger partial charge in [-0.2, -0.15) is 0 Å². The second-order valence-corrected chi connectivity index (χ2v) is 11.1. The average molecular weight is 542 g/mol. The van der Waals surface area contributed by atoms with Crippen molar-refractivity contribution in [3.8, 4) is 0 Å². The molecule has 3 aromatic rings. The third-order valence-corrected chi connectivity index (χ3v) is 6.68. The zero-order valence-electron chi connectivity index (χ0n) is 21.6. The Balaban J connectivity index is 2.02. The van der Waals surface area contributed by atoms with Crippen LogP contribution in [0.1, 0.15) is 38.1 Å². The molecular formula is C26H31N5O6S. The monoisotopic (exact) mass is 541 g/mol. The maximum atomic E-state index is 13.2. The van der Waals surface area contributed by atoms with Gasteiger partial charge < -0.3 is 15.2 Å². The van der Waals surface area contributed by atoms with Gasteiger partial charge >= 0.3 is 12.1 Å². The minimum atomic E-state index is -4.00. The van der Waals surface area contributed by atoms with Crippen LogP contribution in [0.15, 0.2) is 71.9 Å². The van der Waals surface area contributed by atoms with Crippen LogP contribution in [-0.2, 0) is 26.0 Å². The number of anilines is 2. The summed E-state index contributed by atoms with van der Waals surface area (Å²) in [5.41, 5.74) is 1.13. The molecule has 1 amide bonds. The Kier molecular flexibility index (Phi) is 9.02. The van der Waals surface area contributed by atoms with Crippen LogP contribution in [0.3, 0.4) is 0 Å². The van der Waals surface area contributed by atoms with Gasteiger partial charge in [-0.25, -0.2) is 22.9 Å². The van der Waals surface area contributed by atoms with E-state index >= 15 is 0 Å². The first-order valence-electron chi connectivity index (χ1n) is 11.8. The lowest BCUT2D eigenvalue weighted by atomic mass is 10.0. The highest BCUT2D eigenvalue weighted by molar-refractivity contribution is 7.89. The third kappa shape index (κ3) is 7.98. The number of nitrogens with zero attached hydrogens (tertiary/aromatic N) is 3. The van der Waals surface area contributed by atoms with Crippen molar-refractivity contribution in [2.45, 2.75) is 43.7 Å². The Morgan fingerprint density at radius 1 is 1.08 bits per heavy atom. The molecule has 0 saturated carbocycles. The number of aliphatic carboxylic acids is 1. The molecule has 202 valence electrons. The van der Waals surface area contributed by atoms with Gasteiger partial charge in [-0.15, -0.1) is 0 Å². The van der Waals surface area contributed by atoms with E-state index in [1.165, 1.54) is 30.6 Å². The zero-order chi connectivity index (χ0) is 27.9. The fourth-order valence-corrected chi connectivity index (χ4v) is 4.66. The lowest BCUT2D eigenvalue weighted by Gasteiger charge is -2.26. The van der Waals surface area contributed by atoms with Crippen molar-refractivity contribution in [2.75, 3.05) is 23.8 Å². The number of benzene rings is 1. The molecule has 1 aromatic carbocycles. The van der Waals surface area contributed by atoms with E-state index < -0.39 is 40.3 Å². The summed E-state index contributed by atoms with van der Waals surface area (Å²) in [5.74, 6) is -1.25. The largest absolute Gasteiger partial charge is 0.480 e. The molecular weight excluding hydrogens is 510 g/mol. The van der Waals surface area contributed by atoms with Gasteiger partial charge in [0.2, 0.25) is 10.0 Å². The van der Waals surface area contributed by atoms with Crippen molar-refractivity contribution >= 4 is 33.6 Å². The van der Waals surface area contributed by atoms with E-state index in [1.807, 2.05) is 24.3 Å². The molecule has 0 spiro atoms. The maximum absolute atomic E-state index is 13.2. The summed E-state index contributed by atoms with van der Waals surface area (Å²) >= 11 is 0. The number of carboxylic acids is 1. The number of nitrogens with one attached hydrogen (secondary N) is 2. The van der Waals surface area contributed by atoms with Crippen molar-refractivity contribution in [3.05, 3.63) is 78.2 Å². The molecule has 2 aromatic heterocycles. The zero-order valence-corrected chi connectivity index (χ0v) is 22.4. The van der Waals surface area contributed by atoms with E-state index in [9.17, 15) is 23.1 Å². The van der Waals surface area contributed by atoms with Crippen LogP contribution in [0.2, 0.25) is 0 Å². The molecule has 0 aliphatic rings. The highest BCUT2D eigenvalue weighted by atomic mass is 32.2. The van der Waals surface area contributed by atoms with Gasteiger partial charge in [-0.1, -0.05) is 18.2 Å². The first-order chi connectivity index (χ1) is 17.9. The van der Waals surface area contributed by atoms with Crippen molar-refractivity contribution < 1.29 is 27.9 Å². The summed E-state index contributed by atoms with van der Waals surface area (Å²) in [4.78, 5) is 33.6. The van der Waals surface area contributed by atoms with Gasteiger partial charge in [0.25, 0.3) is 0 Å². The predicted molar refractivity (Wildman–Crippen MR) is 142 cm³/mol.